The van der Waals surface area contributed by atoms with Gasteiger partial charge in [0.15, 0.2) is 0 Å². The second-order valence-corrected chi connectivity index (χ2v) is 37.8. The Morgan fingerprint density at radius 3 is 1.15 bits per heavy atom. The molecule has 0 nitrogen and oxygen atoms in total. The van der Waals surface area contributed by atoms with Crippen molar-refractivity contribution in [3.8, 4) is 9.75 Å². The van der Waals surface area contributed by atoms with Gasteiger partial charge < -0.3 is 0 Å². The third kappa shape index (κ3) is 3.52. The average Bonchev–Trinajstić information content (AvgIpc) is 3.44. The Bertz CT molecular complexity index is 1240. The van der Waals surface area contributed by atoms with E-state index in [1.165, 1.54) is 0 Å². The number of benzene rings is 2. The maximum atomic E-state index is 2.72. The van der Waals surface area contributed by atoms with Gasteiger partial charge in [0.05, 0.1) is 16.1 Å². The minimum Gasteiger partial charge on any atom is -0.144 e. The highest BCUT2D eigenvalue weighted by molar-refractivity contribution is 7.61. The van der Waals surface area contributed by atoms with Crippen LogP contribution in [0.1, 0.15) is 0 Å². The van der Waals surface area contributed by atoms with Crippen molar-refractivity contribution in [1.82, 2.24) is 0 Å². The fourth-order valence-corrected chi connectivity index (χ4v) is 29.8. The van der Waals surface area contributed by atoms with Crippen molar-refractivity contribution in [3.63, 3.8) is 0 Å². The zero-order chi connectivity index (χ0) is 24.5. The topological polar surface area (TPSA) is 0 Å². The maximum absolute atomic E-state index is 2.72. The zero-order valence-corrected chi connectivity index (χ0v) is 27.4. The van der Waals surface area contributed by atoms with Gasteiger partial charge in [-0.15, -0.1) is 22.7 Å². The van der Waals surface area contributed by atoms with Crippen LogP contribution in [0.5, 0.6) is 0 Å². The molecule has 0 N–H and O–H groups in total. The van der Waals surface area contributed by atoms with E-state index in [2.05, 4.69) is 148 Å². The molecule has 0 radical (unpaired) electrons. The van der Waals surface area contributed by atoms with E-state index in [1.54, 1.807) is 39.5 Å². The second kappa shape index (κ2) is 8.11. The van der Waals surface area contributed by atoms with Crippen molar-refractivity contribution in [2.45, 2.75) is 52.4 Å². The molecule has 0 amide bonds. The normalized spacial score (nSPS) is 22.4. The Morgan fingerprint density at radius 1 is 0.529 bits per heavy atom. The van der Waals surface area contributed by atoms with E-state index in [0.29, 0.717) is 0 Å². The van der Waals surface area contributed by atoms with Crippen LogP contribution in [-0.2, 0) is 0 Å². The average molecular weight is 549 g/mol. The van der Waals surface area contributed by atoms with Gasteiger partial charge >= 0.3 is 0 Å². The van der Waals surface area contributed by atoms with Gasteiger partial charge in [0.1, 0.15) is 15.2 Å². The summed E-state index contributed by atoms with van der Waals surface area (Å²) in [5, 5.41) is 6.69. The van der Waals surface area contributed by atoms with E-state index in [4.69, 9.17) is 0 Å². The van der Waals surface area contributed by atoms with Crippen LogP contribution in [-0.4, -0.2) is 31.3 Å². The summed E-state index contributed by atoms with van der Waals surface area (Å²) in [4.78, 5) is 3.25. The van der Waals surface area contributed by atoms with E-state index in [1.807, 2.05) is 0 Å². The van der Waals surface area contributed by atoms with Gasteiger partial charge in [-0.1, -0.05) is 136 Å². The first kappa shape index (κ1) is 24.4. The predicted octanol–water partition coefficient (Wildman–Crippen LogP) is 5.04. The van der Waals surface area contributed by atoms with E-state index in [-0.39, 0.29) is 0 Å². The maximum Gasteiger partial charge on any atom is 0.120 e. The summed E-state index contributed by atoms with van der Waals surface area (Å²) in [5.74, 6) is 0. The molecule has 0 fully saturated rings. The minimum absolute atomic E-state index is 1.42. The van der Waals surface area contributed by atoms with Crippen LogP contribution in [0.25, 0.3) is 9.75 Å². The van der Waals surface area contributed by atoms with Crippen LogP contribution in [0, 0.1) is 0 Å². The highest BCUT2D eigenvalue weighted by Gasteiger charge is 2.59. The van der Waals surface area contributed by atoms with E-state index in [9.17, 15) is 0 Å². The molecule has 34 heavy (non-hydrogen) atoms. The van der Waals surface area contributed by atoms with Crippen molar-refractivity contribution in [2.75, 3.05) is 0 Å². The fourth-order valence-electron chi connectivity index (χ4n) is 5.57. The summed E-state index contributed by atoms with van der Waals surface area (Å²) in [6, 6.07) is 28.7. The third-order valence-corrected chi connectivity index (χ3v) is 35.2. The van der Waals surface area contributed by atoms with Crippen molar-refractivity contribution >= 4 is 83.8 Å². The Labute approximate surface area is 217 Å². The van der Waals surface area contributed by atoms with Gasteiger partial charge in [-0.05, 0) is 19.4 Å². The standard InChI is InChI=1S/C28H36S2Si4/c1-31(2,3)25-19-23-27(29-25)28-24(20-26(30-28)32(4,5)6)34(8,22-17-13-10-14-18-22)33(23,7)21-15-11-9-12-16-21/h9-20H,1-8H3. The Morgan fingerprint density at radius 2 is 0.853 bits per heavy atom. The van der Waals surface area contributed by atoms with Crippen LogP contribution < -0.4 is 29.7 Å². The minimum atomic E-state index is -2.09. The van der Waals surface area contributed by atoms with E-state index in [0.717, 1.165) is 0 Å². The molecule has 1 aliphatic heterocycles. The van der Waals surface area contributed by atoms with Gasteiger partial charge in [0.2, 0.25) is 0 Å². The molecule has 3 heterocycles. The summed E-state index contributed by atoms with van der Waals surface area (Å²) in [5.41, 5.74) is 0. The lowest BCUT2D eigenvalue weighted by molar-refractivity contribution is 1.70. The molecular weight excluding hydrogens is 513 g/mol. The zero-order valence-electron chi connectivity index (χ0n) is 21.7. The molecule has 2 aromatic heterocycles. The highest BCUT2D eigenvalue weighted by atomic mass is 32.1. The summed E-state index contributed by atoms with van der Waals surface area (Å²) < 4.78 is 3.35. The lowest BCUT2D eigenvalue weighted by atomic mass is 10.3. The molecule has 1 aliphatic rings. The number of thiophene rings is 2. The van der Waals surface area contributed by atoms with E-state index < -0.39 is 31.3 Å². The SMILES string of the molecule is C[Si](C)(C)c1cc2c(s1)-c1sc([Si](C)(C)C)cc1[Si](C)(c1ccccc1)[Si]2(C)c1ccccc1. The van der Waals surface area contributed by atoms with Crippen LogP contribution in [0.15, 0.2) is 72.8 Å². The van der Waals surface area contributed by atoms with Gasteiger partial charge in [0.25, 0.3) is 0 Å². The van der Waals surface area contributed by atoms with Crippen LogP contribution in [0.2, 0.25) is 52.4 Å². The number of fused-ring (bicyclic) bond motifs is 3. The summed E-state index contributed by atoms with van der Waals surface area (Å²) in [7, 11) is -7.02. The second-order valence-electron chi connectivity index (χ2n) is 12.2. The summed E-state index contributed by atoms with van der Waals surface area (Å²) in [6.45, 7) is 20.5. The molecule has 5 rings (SSSR count). The monoisotopic (exact) mass is 548 g/mol. The fraction of sp³-hybridized carbons (Fsp3) is 0.286. The molecule has 6 heteroatoms. The molecule has 2 aromatic carbocycles. The molecule has 0 bridgehead atoms. The van der Waals surface area contributed by atoms with Gasteiger partial charge in [-0.3, -0.25) is 0 Å². The molecule has 4 aromatic rings. The highest BCUT2D eigenvalue weighted by Crippen LogP contribution is 2.38. The molecule has 0 saturated carbocycles. The van der Waals surface area contributed by atoms with Gasteiger partial charge in [-0.2, -0.15) is 0 Å². The molecule has 0 spiro atoms. The van der Waals surface area contributed by atoms with Crippen LogP contribution >= 0.6 is 22.7 Å². The Hall–Kier alpha value is -1.29. The predicted molar refractivity (Wildman–Crippen MR) is 168 cm³/mol. The van der Waals surface area contributed by atoms with Gasteiger partial charge in [0, 0.05) is 9.75 Å². The Balaban J connectivity index is 1.95. The first-order valence-electron chi connectivity index (χ1n) is 12.3. The van der Waals surface area contributed by atoms with Gasteiger partial charge in [-0.25, -0.2) is 0 Å². The molecular formula is C28H36S2Si4. The summed E-state index contributed by atoms with van der Waals surface area (Å²) >= 11 is 4.29. The lowest BCUT2D eigenvalue weighted by Gasteiger charge is -2.48. The van der Waals surface area contributed by atoms with E-state index >= 15 is 0 Å². The van der Waals surface area contributed by atoms with Crippen molar-refractivity contribution in [1.29, 1.82) is 0 Å². The van der Waals surface area contributed by atoms with Crippen molar-refractivity contribution in [2.24, 2.45) is 0 Å². The molecule has 0 saturated heterocycles. The quantitative estimate of drug-likeness (QED) is 0.313. The molecule has 0 aliphatic carbocycles. The first-order chi connectivity index (χ1) is 15.9. The first-order valence-corrected chi connectivity index (χ1v) is 26.9. The van der Waals surface area contributed by atoms with Crippen molar-refractivity contribution in [3.05, 3.63) is 72.8 Å². The summed E-state index contributed by atoms with van der Waals surface area (Å²) in [6.07, 6.45) is 0. The van der Waals surface area contributed by atoms with Crippen LogP contribution in [0.3, 0.4) is 0 Å². The molecule has 2 atom stereocenters. The van der Waals surface area contributed by atoms with Crippen molar-refractivity contribution < 1.29 is 0 Å². The molecule has 176 valence electrons. The number of rotatable bonds is 4. The number of hydrogen-bond acceptors (Lipinski definition) is 2. The largest absolute Gasteiger partial charge is 0.144 e. The smallest absolute Gasteiger partial charge is 0.120 e. The Kier molecular flexibility index (Phi) is 5.82. The lowest BCUT2D eigenvalue weighted by Crippen LogP contribution is -2.84. The number of hydrogen-bond donors (Lipinski definition) is 0. The molecule has 2 unspecified atom stereocenters. The third-order valence-electron chi connectivity index (χ3n) is 7.93. The van der Waals surface area contributed by atoms with Crippen LogP contribution in [0.4, 0.5) is 0 Å².